The Labute approximate surface area is 90.3 Å². The van der Waals surface area contributed by atoms with E-state index in [0.29, 0.717) is 5.56 Å². The molecule has 0 N–H and O–H groups in total. The number of hydrogen-bond acceptors (Lipinski definition) is 4. The first-order chi connectivity index (χ1) is 7.44. The third-order valence-electron chi connectivity index (χ3n) is 1.66. The third kappa shape index (κ3) is 3.23. The van der Waals surface area contributed by atoms with Crippen molar-refractivity contribution in [3.8, 4) is 0 Å². The average molecular weight is 242 g/mol. The second-order valence-electron chi connectivity index (χ2n) is 2.82. The van der Waals surface area contributed by atoms with Crippen molar-refractivity contribution in [2.45, 2.75) is 5.75 Å². The van der Waals surface area contributed by atoms with Gasteiger partial charge in [-0.15, -0.1) is 0 Å². The molecule has 0 fully saturated rings. The highest BCUT2D eigenvalue weighted by Crippen LogP contribution is 2.14. The van der Waals surface area contributed by atoms with Gasteiger partial charge in [0.15, 0.2) is 0 Å². The molecule has 0 bridgehead atoms. The number of non-ortho nitro benzene ring substituents is 1. The molecule has 0 saturated carbocycles. The van der Waals surface area contributed by atoms with Gasteiger partial charge in [-0.1, -0.05) is 12.1 Å². The Morgan fingerprint density at radius 1 is 1.38 bits per heavy atom. The van der Waals surface area contributed by atoms with E-state index in [1.165, 1.54) is 24.3 Å². The molecule has 0 amide bonds. The first-order valence-corrected chi connectivity index (χ1v) is 5.58. The zero-order valence-corrected chi connectivity index (χ0v) is 8.66. The van der Waals surface area contributed by atoms with Gasteiger partial charge in [0, 0.05) is 21.6 Å². The second-order valence-corrected chi connectivity index (χ2v) is 4.44. The molecule has 16 heavy (non-hydrogen) atoms. The van der Waals surface area contributed by atoms with Crippen LogP contribution in [0.4, 0.5) is 5.69 Å². The molecule has 0 spiro atoms. The molecule has 0 heterocycles. The van der Waals surface area contributed by atoms with E-state index in [2.05, 4.69) is 9.43 Å². The summed E-state index contributed by atoms with van der Waals surface area (Å²) in [5.74, 6) is -0.477. The molecule has 0 aliphatic carbocycles. The summed E-state index contributed by atoms with van der Waals surface area (Å²) < 4.78 is 24.8. The summed E-state index contributed by atoms with van der Waals surface area (Å²) in [6, 6.07) is 4.95. The number of rotatable bonds is 4. The summed E-state index contributed by atoms with van der Waals surface area (Å²) in [6.07, 6.45) is 0. The number of nitro groups is 1. The fraction of sp³-hybridized carbons (Fsp3) is 0.143. The van der Waals surface area contributed by atoms with Crippen molar-refractivity contribution in [3.63, 3.8) is 0 Å². The lowest BCUT2D eigenvalue weighted by Gasteiger charge is -1.97. The highest BCUT2D eigenvalue weighted by atomic mass is 32.2. The lowest BCUT2D eigenvalue weighted by molar-refractivity contribution is -0.384. The second kappa shape index (κ2) is 4.60. The number of nitro benzene ring substituents is 1. The number of nitrogens with zero attached hydrogens (tertiary/aromatic N) is 4. The minimum Gasteiger partial charge on any atom is -0.258 e. The Morgan fingerprint density at radius 2 is 1.94 bits per heavy atom. The van der Waals surface area contributed by atoms with Crippen molar-refractivity contribution < 1.29 is 13.3 Å². The van der Waals surface area contributed by atoms with Crippen molar-refractivity contribution in [2.24, 2.45) is 4.52 Å². The lowest BCUT2D eigenvalue weighted by atomic mass is 10.2. The molecule has 0 aliphatic heterocycles. The molecular formula is C7H6N4O4S. The molecule has 0 saturated heterocycles. The van der Waals surface area contributed by atoms with Gasteiger partial charge in [0.2, 0.25) is 10.0 Å². The summed E-state index contributed by atoms with van der Waals surface area (Å²) in [4.78, 5) is 11.9. The van der Waals surface area contributed by atoms with Crippen molar-refractivity contribution in [1.82, 2.24) is 0 Å². The molecular weight excluding hydrogens is 236 g/mol. The highest BCUT2D eigenvalue weighted by molar-refractivity contribution is 7.89. The first kappa shape index (κ1) is 12.0. The number of hydrogen-bond donors (Lipinski definition) is 0. The number of benzene rings is 1. The van der Waals surface area contributed by atoms with Crippen LogP contribution >= 0.6 is 0 Å². The highest BCUT2D eigenvalue weighted by Gasteiger charge is 2.10. The van der Waals surface area contributed by atoms with Gasteiger partial charge in [-0.3, -0.25) is 10.1 Å². The minimum absolute atomic E-state index is 0.134. The maximum absolute atomic E-state index is 11.1. The normalized spacial score (nSPS) is 10.5. The Balaban J connectivity index is 2.92. The first-order valence-electron chi connectivity index (χ1n) is 3.97. The van der Waals surface area contributed by atoms with Crippen molar-refractivity contribution in [3.05, 3.63) is 50.4 Å². The molecule has 0 aromatic heterocycles. The monoisotopic (exact) mass is 242 g/mol. The Morgan fingerprint density at radius 3 is 2.38 bits per heavy atom. The average Bonchev–Trinajstić information content (AvgIpc) is 2.17. The number of azide groups is 1. The van der Waals surface area contributed by atoms with Crippen LogP contribution in [-0.2, 0) is 15.8 Å². The van der Waals surface area contributed by atoms with Crippen LogP contribution in [-0.4, -0.2) is 13.3 Å². The van der Waals surface area contributed by atoms with Crippen LogP contribution < -0.4 is 0 Å². The zero-order valence-electron chi connectivity index (χ0n) is 7.85. The molecule has 1 rings (SSSR count). The Kier molecular flexibility index (Phi) is 3.44. The summed E-state index contributed by atoms with van der Waals surface area (Å²) >= 11 is 0. The van der Waals surface area contributed by atoms with Gasteiger partial charge in [0.05, 0.1) is 10.7 Å². The summed E-state index contributed by atoms with van der Waals surface area (Å²) in [7, 11) is -3.88. The van der Waals surface area contributed by atoms with Crippen LogP contribution in [0.25, 0.3) is 10.4 Å². The standard InChI is InChI=1S/C7H6N4O4S/c8-9-10-16(14,15)5-6-1-3-7(4-2-6)11(12)13/h1-4H,5H2. The van der Waals surface area contributed by atoms with E-state index >= 15 is 0 Å². The van der Waals surface area contributed by atoms with Gasteiger partial charge in [-0.05, 0) is 11.1 Å². The smallest absolute Gasteiger partial charge is 0.258 e. The number of sulfonamides is 1. The van der Waals surface area contributed by atoms with Crippen LogP contribution in [0.2, 0.25) is 0 Å². The predicted molar refractivity (Wildman–Crippen MR) is 54.9 cm³/mol. The Bertz CT molecular complexity index is 544. The maximum Gasteiger partial charge on any atom is 0.269 e. The topological polar surface area (TPSA) is 126 Å². The van der Waals surface area contributed by atoms with Gasteiger partial charge in [-0.25, -0.2) is 8.42 Å². The van der Waals surface area contributed by atoms with E-state index in [-0.39, 0.29) is 5.69 Å². The minimum atomic E-state index is -3.88. The van der Waals surface area contributed by atoms with Crippen molar-refractivity contribution in [1.29, 1.82) is 0 Å². The van der Waals surface area contributed by atoms with Crippen LogP contribution in [0.15, 0.2) is 28.8 Å². The van der Waals surface area contributed by atoms with Crippen molar-refractivity contribution >= 4 is 15.7 Å². The molecule has 9 heteroatoms. The van der Waals surface area contributed by atoms with E-state index < -0.39 is 20.7 Å². The fourth-order valence-electron chi connectivity index (χ4n) is 1.01. The largest absolute Gasteiger partial charge is 0.269 e. The van der Waals surface area contributed by atoms with E-state index in [1.807, 2.05) is 0 Å². The van der Waals surface area contributed by atoms with E-state index in [9.17, 15) is 18.5 Å². The Hall–Kier alpha value is -2.12. The van der Waals surface area contributed by atoms with E-state index in [4.69, 9.17) is 5.53 Å². The SMILES string of the molecule is [N-]=[N+]=NS(=O)(=O)Cc1ccc([N+](=O)[O-])cc1. The fourth-order valence-corrected chi connectivity index (χ4v) is 1.79. The van der Waals surface area contributed by atoms with Gasteiger partial charge in [0.25, 0.3) is 5.69 Å². The zero-order chi connectivity index (χ0) is 12.2. The van der Waals surface area contributed by atoms with Crippen LogP contribution in [0.5, 0.6) is 0 Å². The summed E-state index contributed by atoms with van der Waals surface area (Å²) in [6.45, 7) is 0. The molecule has 8 nitrogen and oxygen atoms in total. The third-order valence-corrected chi connectivity index (χ3v) is 2.68. The molecule has 0 atom stereocenters. The molecule has 1 aromatic rings. The van der Waals surface area contributed by atoms with E-state index in [0.717, 1.165) is 0 Å². The van der Waals surface area contributed by atoms with Crippen LogP contribution in [0.3, 0.4) is 0 Å². The molecule has 0 aliphatic rings. The lowest BCUT2D eigenvalue weighted by Crippen LogP contribution is -1.99. The van der Waals surface area contributed by atoms with Crippen LogP contribution in [0, 0.1) is 10.1 Å². The molecule has 0 radical (unpaired) electrons. The van der Waals surface area contributed by atoms with E-state index in [1.54, 1.807) is 0 Å². The van der Waals surface area contributed by atoms with Gasteiger partial charge in [-0.2, -0.15) is 0 Å². The van der Waals surface area contributed by atoms with Crippen LogP contribution in [0.1, 0.15) is 5.56 Å². The van der Waals surface area contributed by atoms with Gasteiger partial charge >= 0.3 is 0 Å². The van der Waals surface area contributed by atoms with Gasteiger partial charge in [0.1, 0.15) is 0 Å². The molecule has 1 aromatic carbocycles. The predicted octanol–water partition coefficient (Wildman–Crippen LogP) is 1.73. The molecule has 84 valence electrons. The van der Waals surface area contributed by atoms with Crippen molar-refractivity contribution in [2.75, 3.05) is 0 Å². The summed E-state index contributed by atoms with van der Waals surface area (Å²) in [5.41, 5.74) is 8.17. The quantitative estimate of drug-likeness (QED) is 0.262. The summed E-state index contributed by atoms with van der Waals surface area (Å²) in [5, 5.41) is 10.3. The maximum atomic E-state index is 11.1. The van der Waals surface area contributed by atoms with Gasteiger partial charge < -0.3 is 0 Å². The molecule has 0 unspecified atom stereocenters.